The van der Waals surface area contributed by atoms with Crippen LogP contribution in [0.15, 0.2) is 18.2 Å². The Morgan fingerprint density at radius 1 is 1.28 bits per heavy atom. The summed E-state index contributed by atoms with van der Waals surface area (Å²) in [7, 11) is 0. The number of nitrogens with two attached hydrogens (primary N) is 1. The third-order valence-corrected chi connectivity index (χ3v) is 3.36. The number of hydrogen-bond acceptors (Lipinski definition) is 5. The van der Waals surface area contributed by atoms with Gasteiger partial charge in [-0.05, 0) is 43.9 Å². The second kappa shape index (κ2) is 5.71. The Bertz CT molecular complexity index is 447. The molecule has 5 N–H and O–H groups in total. The van der Waals surface area contributed by atoms with Gasteiger partial charge in [0, 0.05) is 6.04 Å². The van der Waals surface area contributed by atoms with Crippen molar-refractivity contribution in [3.8, 4) is 6.07 Å². The third kappa shape index (κ3) is 2.92. The van der Waals surface area contributed by atoms with Crippen LogP contribution in [0.1, 0.15) is 31.2 Å². The summed E-state index contributed by atoms with van der Waals surface area (Å²) in [4.78, 5) is 0. The number of rotatable bonds is 3. The maximum absolute atomic E-state index is 9.47. The van der Waals surface area contributed by atoms with Crippen molar-refractivity contribution in [2.24, 2.45) is 5.84 Å². The molecule has 0 aromatic heterocycles. The molecule has 1 fully saturated rings. The van der Waals surface area contributed by atoms with Crippen LogP contribution in [-0.4, -0.2) is 17.3 Å². The molecule has 96 valence electrons. The monoisotopic (exact) mass is 246 g/mol. The number of aliphatic hydroxyl groups excluding tert-OH is 1. The molecule has 0 aliphatic heterocycles. The van der Waals surface area contributed by atoms with Crippen LogP contribution in [0.5, 0.6) is 0 Å². The maximum atomic E-state index is 9.47. The molecule has 1 aliphatic carbocycles. The highest BCUT2D eigenvalue weighted by Gasteiger charge is 2.19. The summed E-state index contributed by atoms with van der Waals surface area (Å²) in [6, 6.07) is 7.83. The number of nitriles is 1. The van der Waals surface area contributed by atoms with E-state index in [-0.39, 0.29) is 6.10 Å². The largest absolute Gasteiger partial charge is 0.393 e. The highest BCUT2D eigenvalue weighted by atomic mass is 16.3. The van der Waals surface area contributed by atoms with Gasteiger partial charge in [0.2, 0.25) is 0 Å². The van der Waals surface area contributed by atoms with Crippen molar-refractivity contribution in [3.63, 3.8) is 0 Å². The van der Waals surface area contributed by atoms with Gasteiger partial charge in [0.05, 0.1) is 23.0 Å². The van der Waals surface area contributed by atoms with Crippen LogP contribution in [0.3, 0.4) is 0 Å². The molecule has 0 saturated heterocycles. The molecule has 0 radical (unpaired) electrons. The molecule has 5 nitrogen and oxygen atoms in total. The Kier molecular flexibility index (Phi) is 4.03. The number of hydrogen-bond donors (Lipinski definition) is 4. The molecule has 1 aliphatic rings. The van der Waals surface area contributed by atoms with E-state index in [0.29, 0.717) is 11.6 Å². The summed E-state index contributed by atoms with van der Waals surface area (Å²) in [5.74, 6) is 5.37. The van der Waals surface area contributed by atoms with Crippen LogP contribution in [0.2, 0.25) is 0 Å². The average Bonchev–Trinajstić information content (AvgIpc) is 2.41. The number of aliphatic hydroxyl groups is 1. The predicted molar refractivity (Wildman–Crippen MR) is 70.9 cm³/mol. The number of benzene rings is 1. The summed E-state index contributed by atoms with van der Waals surface area (Å²) in [5, 5.41) is 21.9. The fourth-order valence-electron chi connectivity index (χ4n) is 2.29. The van der Waals surface area contributed by atoms with Gasteiger partial charge in [-0.3, -0.25) is 5.84 Å². The standard InChI is InChI=1S/C13H18N4O/c14-8-9-1-2-11(17-15)7-13(9)16-10-3-5-12(18)6-4-10/h1-2,7,10,12,16-18H,3-6,15H2. The quantitative estimate of drug-likeness (QED) is 0.479. The number of nitrogens with zero attached hydrogens (tertiary/aromatic N) is 1. The van der Waals surface area contributed by atoms with Crippen LogP contribution in [-0.2, 0) is 0 Å². The van der Waals surface area contributed by atoms with Crippen molar-refractivity contribution in [3.05, 3.63) is 23.8 Å². The second-order valence-electron chi connectivity index (χ2n) is 4.67. The summed E-state index contributed by atoms with van der Waals surface area (Å²) >= 11 is 0. The summed E-state index contributed by atoms with van der Waals surface area (Å²) < 4.78 is 0. The molecule has 0 bridgehead atoms. The zero-order chi connectivity index (χ0) is 13.0. The first kappa shape index (κ1) is 12.7. The Morgan fingerprint density at radius 3 is 2.61 bits per heavy atom. The first-order chi connectivity index (χ1) is 8.72. The van der Waals surface area contributed by atoms with Crippen molar-refractivity contribution in [2.45, 2.75) is 37.8 Å². The molecule has 1 aromatic carbocycles. The normalized spacial score (nSPS) is 23.2. The Hall–Kier alpha value is -1.77. The topological polar surface area (TPSA) is 94.1 Å². The van der Waals surface area contributed by atoms with Gasteiger partial charge in [0.15, 0.2) is 0 Å². The predicted octanol–water partition coefficient (Wildman–Crippen LogP) is 1.56. The van der Waals surface area contributed by atoms with E-state index in [2.05, 4.69) is 16.8 Å². The van der Waals surface area contributed by atoms with E-state index >= 15 is 0 Å². The zero-order valence-electron chi connectivity index (χ0n) is 10.2. The van der Waals surface area contributed by atoms with Gasteiger partial charge >= 0.3 is 0 Å². The van der Waals surface area contributed by atoms with Crippen LogP contribution in [0.4, 0.5) is 11.4 Å². The van der Waals surface area contributed by atoms with Crippen molar-refractivity contribution in [2.75, 3.05) is 10.7 Å². The van der Waals surface area contributed by atoms with Crippen LogP contribution in [0.25, 0.3) is 0 Å². The molecular formula is C13H18N4O. The molecular weight excluding hydrogens is 228 g/mol. The fourth-order valence-corrected chi connectivity index (χ4v) is 2.29. The summed E-state index contributed by atoms with van der Waals surface area (Å²) in [5.41, 5.74) is 4.76. The molecule has 0 amide bonds. The number of hydrazine groups is 1. The molecule has 2 rings (SSSR count). The van der Waals surface area contributed by atoms with E-state index in [1.165, 1.54) is 0 Å². The SMILES string of the molecule is N#Cc1ccc(NN)cc1NC1CCC(O)CC1. The van der Waals surface area contributed by atoms with Gasteiger partial charge < -0.3 is 15.8 Å². The van der Waals surface area contributed by atoms with Gasteiger partial charge in [0.25, 0.3) is 0 Å². The second-order valence-corrected chi connectivity index (χ2v) is 4.67. The van der Waals surface area contributed by atoms with Gasteiger partial charge in [-0.25, -0.2) is 0 Å². The highest BCUT2D eigenvalue weighted by Crippen LogP contribution is 2.25. The minimum absolute atomic E-state index is 0.171. The van der Waals surface area contributed by atoms with Gasteiger partial charge in [0.1, 0.15) is 6.07 Å². The smallest absolute Gasteiger partial charge is 0.101 e. The van der Waals surface area contributed by atoms with E-state index in [1.54, 1.807) is 12.1 Å². The van der Waals surface area contributed by atoms with E-state index in [1.807, 2.05) is 6.07 Å². The van der Waals surface area contributed by atoms with Crippen molar-refractivity contribution >= 4 is 11.4 Å². The van der Waals surface area contributed by atoms with Gasteiger partial charge in [-0.2, -0.15) is 5.26 Å². The summed E-state index contributed by atoms with van der Waals surface area (Å²) in [6.45, 7) is 0. The summed E-state index contributed by atoms with van der Waals surface area (Å²) in [6.07, 6.45) is 3.30. The minimum atomic E-state index is -0.171. The number of nitrogens with one attached hydrogen (secondary N) is 2. The zero-order valence-corrected chi connectivity index (χ0v) is 10.2. The molecule has 0 unspecified atom stereocenters. The van der Waals surface area contributed by atoms with E-state index in [4.69, 9.17) is 11.1 Å². The molecule has 1 aromatic rings. The lowest BCUT2D eigenvalue weighted by molar-refractivity contribution is 0.126. The van der Waals surface area contributed by atoms with E-state index in [0.717, 1.165) is 37.1 Å². The van der Waals surface area contributed by atoms with Crippen LogP contribution >= 0.6 is 0 Å². The third-order valence-electron chi connectivity index (χ3n) is 3.36. The van der Waals surface area contributed by atoms with Crippen molar-refractivity contribution in [1.29, 1.82) is 5.26 Å². The molecule has 0 heterocycles. The van der Waals surface area contributed by atoms with Gasteiger partial charge in [-0.15, -0.1) is 0 Å². The fraction of sp³-hybridized carbons (Fsp3) is 0.462. The van der Waals surface area contributed by atoms with E-state index < -0.39 is 0 Å². The molecule has 1 saturated carbocycles. The van der Waals surface area contributed by atoms with Crippen LogP contribution in [0, 0.1) is 11.3 Å². The molecule has 0 spiro atoms. The first-order valence-electron chi connectivity index (χ1n) is 6.18. The highest BCUT2D eigenvalue weighted by molar-refractivity contribution is 5.65. The number of nitrogen functional groups attached to an aromatic ring is 1. The lowest BCUT2D eigenvalue weighted by atomic mass is 9.93. The Labute approximate surface area is 107 Å². The van der Waals surface area contributed by atoms with Crippen molar-refractivity contribution in [1.82, 2.24) is 0 Å². The number of anilines is 2. The van der Waals surface area contributed by atoms with Crippen LogP contribution < -0.4 is 16.6 Å². The molecule has 18 heavy (non-hydrogen) atoms. The lowest BCUT2D eigenvalue weighted by Gasteiger charge is -2.27. The van der Waals surface area contributed by atoms with Crippen molar-refractivity contribution < 1.29 is 5.11 Å². The molecule has 5 heteroatoms. The lowest BCUT2D eigenvalue weighted by Crippen LogP contribution is -2.28. The first-order valence-corrected chi connectivity index (χ1v) is 6.18. The Balaban J connectivity index is 2.10. The van der Waals surface area contributed by atoms with E-state index in [9.17, 15) is 5.11 Å². The van der Waals surface area contributed by atoms with Gasteiger partial charge in [-0.1, -0.05) is 0 Å². The maximum Gasteiger partial charge on any atom is 0.101 e. The minimum Gasteiger partial charge on any atom is -0.393 e. The average molecular weight is 246 g/mol. The Morgan fingerprint density at radius 2 is 2.00 bits per heavy atom. The molecule has 0 atom stereocenters.